The molecule has 2 N–H and O–H groups in total. The SMILES string of the molecule is CC1CC(=O)N(C(C)CNC(=O)CCC(=O)O)C1=O. The van der Waals surface area contributed by atoms with Gasteiger partial charge in [-0.3, -0.25) is 24.1 Å². The molecule has 0 aromatic heterocycles. The maximum absolute atomic E-state index is 11.7. The second-order valence-electron chi connectivity index (χ2n) is 4.75. The van der Waals surface area contributed by atoms with Crippen molar-refractivity contribution in [1.82, 2.24) is 10.2 Å². The first-order chi connectivity index (χ1) is 8.82. The monoisotopic (exact) mass is 270 g/mol. The predicted molar refractivity (Wildman–Crippen MR) is 65.0 cm³/mol. The van der Waals surface area contributed by atoms with Crippen molar-refractivity contribution >= 4 is 23.7 Å². The van der Waals surface area contributed by atoms with E-state index in [9.17, 15) is 19.2 Å². The molecule has 0 aromatic rings. The van der Waals surface area contributed by atoms with Gasteiger partial charge in [-0.1, -0.05) is 6.92 Å². The van der Waals surface area contributed by atoms with Crippen molar-refractivity contribution < 1.29 is 24.3 Å². The molecular weight excluding hydrogens is 252 g/mol. The van der Waals surface area contributed by atoms with Crippen molar-refractivity contribution in [2.24, 2.45) is 5.92 Å². The molecule has 7 heteroatoms. The van der Waals surface area contributed by atoms with Gasteiger partial charge in [0.15, 0.2) is 0 Å². The van der Waals surface area contributed by atoms with E-state index in [1.165, 1.54) is 4.90 Å². The molecule has 1 aliphatic heterocycles. The number of rotatable bonds is 6. The summed E-state index contributed by atoms with van der Waals surface area (Å²) in [6, 6.07) is -0.418. The maximum atomic E-state index is 11.7. The largest absolute Gasteiger partial charge is 0.481 e. The van der Waals surface area contributed by atoms with Crippen LogP contribution in [0, 0.1) is 5.92 Å². The van der Waals surface area contributed by atoms with Gasteiger partial charge in [-0.15, -0.1) is 0 Å². The summed E-state index contributed by atoms with van der Waals surface area (Å²) in [6.07, 6.45) is -0.144. The summed E-state index contributed by atoms with van der Waals surface area (Å²) >= 11 is 0. The third-order valence-corrected chi connectivity index (χ3v) is 3.01. The summed E-state index contributed by atoms with van der Waals surface area (Å²) < 4.78 is 0. The Morgan fingerprint density at radius 1 is 1.42 bits per heavy atom. The van der Waals surface area contributed by atoms with Gasteiger partial charge in [0.05, 0.1) is 12.5 Å². The van der Waals surface area contributed by atoms with Gasteiger partial charge in [-0.2, -0.15) is 0 Å². The number of carboxylic acid groups (broad SMARTS) is 1. The normalized spacial score (nSPS) is 20.5. The molecule has 0 saturated carbocycles. The third-order valence-electron chi connectivity index (χ3n) is 3.01. The number of nitrogens with one attached hydrogen (secondary N) is 1. The van der Waals surface area contributed by atoms with Gasteiger partial charge in [0.1, 0.15) is 0 Å². The molecule has 0 aliphatic carbocycles. The third kappa shape index (κ3) is 4.04. The molecule has 1 saturated heterocycles. The van der Waals surface area contributed by atoms with E-state index < -0.39 is 17.9 Å². The van der Waals surface area contributed by atoms with Crippen LogP contribution in [-0.4, -0.2) is 46.3 Å². The number of aliphatic carboxylic acids is 1. The first kappa shape index (κ1) is 15.1. The summed E-state index contributed by atoms with van der Waals surface area (Å²) in [5, 5.41) is 11.0. The van der Waals surface area contributed by atoms with Crippen molar-refractivity contribution in [3.05, 3.63) is 0 Å². The molecule has 7 nitrogen and oxygen atoms in total. The van der Waals surface area contributed by atoms with Crippen LogP contribution in [0.3, 0.4) is 0 Å². The molecule has 1 rings (SSSR count). The molecule has 0 radical (unpaired) electrons. The molecule has 0 bridgehead atoms. The number of likely N-dealkylation sites (tertiary alicyclic amines) is 1. The lowest BCUT2D eigenvalue weighted by molar-refractivity contribution is -0.142. The Hall–Kier alpha value is -1.92. The summed E-state index contributed by atoms with van der Waals surface area (Å²) in [4.78, 5) is 46.1. The molecule has 3 amide bonds. The minimum absolute atomic E-state index is 0.111. The molecule has 1 heterocycles. The highest BCUT2D eigenvalue weighted by atomic mass is 16.4. The van der Waals surface area contributed by atoms with Crippen LogP contribution in [0.25, 0.3) is 0 Å². The van der Waals surface area contributed by atoms with Crippen LogP contribution < -0.4 is 5.32 Å². The predicted octanol–water partition coefficient (Wildman–Crippen LogP) is -0.249. The first-order valence-corrected chi connectivity index (χ1v) is 6.17. The van der Waals surface area contributed by atoms with Crippen molar-refractivity contribution in [1.29, 1.82) is 0 Å². The Morgan fingerprint density at radius 2 is 2.05 bits per heavy atom. The Labute approximate surface area is 110 Å². The van der Waals surface area contributed by atoms with Gasteiger partial charge < -0.3 is 10.4 Å². The van der Waals surface area contributed by atoms with E-state index in [0.717, 1.165) is 0 Å². The number of carbonyl (C=O) groups is 4. The number of carbonyl (C=O) groups excluding carboxylic acids is 3. The van der Waals surface area contributed by atoms with Crippen LogP contribution in [0.5, 0.6) is 0 Å². The summed E-state index contributed by atoms with van der Waals surface area (Å²) in [5.74, 6) is -2.21. The molecule has 2 unspecified atom stereocenters. The fraction of sp³-hybridized carbons (Fsp3) is 0.667. The van der Waals surface area contributed by atoms with E-state index in [2.05, 4.69) is 5.32 Å². The number of hydrogen-bond donors (Lipinski definition) is 2. The lowest BCUT2D eigenvalue weighted by Gasteiger charge is -2.23. The fourth-order valence-electron chi connectivity index (χ4n) is 1.93. The Kier molecular flexibility index (Phi) is 5.02. The molecule has 2 atom stereocenters. The molecular formula is C12H18N2O5. The summed E-state index contributed by atoms with van der Waals surface area (Å²) in [5.41, 5.74) is 0. The highest BCUT2D eigenvalue weighted by Gasteiger charge is 2.38. The number of imide groups is 1. The highest BCUT2D eigenvalue weighted by Crippen LogP contribution is 2.20. The average Bonchev–Trinajstić information content (AvgIpc) is 2.58. The van der Waals surface area contributed by atoms with Crippen molar-refractivity contribution in [3.63, 3.8) is 0 Å². The van der Waals surface area contributed by atoms with Gasteiger partial charge in [0.25, 0.3) is 0 Å². The van der Waals surface area contributed by atoms with E-state index in [0.29, 0.717) is 0 Å². The minimum Gasteiger partial charge on any atom is -0.481 e. The standard InChI is InChI=1S/C12H18N2O5/c1-7-5-10(16)14(12(7)19)8(2)6-13-9(15)3-4-11(17)18/h7-8H,3-6H2,1-2H3,(H,13,15)(H,17,18). The van der Waals surface area contributed by atoms with Crippen molar-refractivity contribution in [2.75, 3.05) is 6.54 Å². The lowest BCUT2D eigenvalue weighted by atomic mass is 10.1. The second-order valence-corrected chi connectivity index (χ2v) is 4.75. The number of amides is 3. The van der Waals surface area contributed by atoms with Crippen molar-refractivity contribution in [3.8, 4) is 0 Å². The second kappa shape index (κ2) is 6.31. The topological polar surface area (TPSA) is 104 Å². The van der Waals surface area contributed by atoms with E-state index in [1.54, 1.807) is 13.8 Å². The van der Waals surface area contributed by atoms with E-state index >= 15 is 0 Å². The zero-order valence-corrected chi connectivity index (χ0v) is 11.0. The van der Waals surface area contributed by atoms with Gasteiger partial charge in [-0.25, -0.2) is 0 Å². The van der Waals surface area contributed by atoms with Crippen LogP contribution in [0.4, 0.5) is 0 Å². The van der Waals surface area contributed by atoms with Crippen molar-refractivity contribution in [2.45, 2.75) is 39.2 Å². The minimum atomic E-state index is -1.04. The van der Waals surface area contributed by atoms with Crippen LogP contribution in [0.15, 0.2) is 0 Å². The van der Waals surface area contributed by atoms with Gasteiger partial charge in [0.2, 0.25) is 17.7 Å². The summed E-state index contributed by atoms with van der Waals surface area (Å²) in [7, 11) is 0. The van der Waals surface area contributed by atoms with Gasteiger partial charge >= 0.3 is 5.97 Å². The lowest BCUT2D eigenvalue weighted by Crippen LogP contribution is -2.45. The molecule has 1 aliphatic rings. The average molecular weight is 270 g/mol. The van der Waals surface area contributed by atoms with E-state index in [1.807, 2.05) is 0 Å². The highest BCUT2D eigenvalue weighted by molar-refractivity contribution is 6.03. The molecule has 0 aromatic carbocycles. The molecule has 106 valence electrons. The van der Waals surface area contributed by atoms with E-state index in [4.69, 9.17) is 5.11 Å². The Balaban J connectivity index is 2.41. The van der Waals surface area contributed by atoms with Crippen LogP contribution in [0.1, 0.15) is 33.1 Å². The Bertz CT molecular complexity index is 407. The number of hydrogen-bond acceptors (Lipinski definition) is 4. The quantitative estimate of drug-likeness (QED) is 0.648. The number of nitrogens with zero attached hydrogens (tertiary/aromatic N) is 1. The van der Waals surface area contributed by atoms with Crippen LogP contribution in [-0.2, 0) is 19.2 Å². The molecule has 1 fully saturated rings. The van der Waals surface area contributed by atoms with E-state index in [-0.39, 0.29) is 43.5 Å². The number of carboxylic acids is 1. The Morgan fingerprint density at radius 3 is 2.53 bits per heavy atom. The smallest absolute Gasteiger partial charge is 0.303 e. The van der Waals surface area contributed by atoms with Gasteiger partial charge in [-0.05, 0) is 6.92 Å². The zero-order chi connectivity index (χ0) is 14.6. The first-order valence-electron chi connectivity index (χ1n) is 6.17. The fourth-order valence-corrected chi connectivity index (χ4v) is 1.93. The van der Waals surface area contributed by atoms with Crippen LogP contribution >= 0.6 is 0 Å². The maximum Gasteiger partial charge on any atom is 0.303 e. The van der Waals surface area contributed by atoms with Gasteiger partial charge in [0, 0.05) is 25.3 Å². The summed E-state index contributed by atoms with van der Waals surface area (Å²) in [6.45, 7) is 3.51. The molecule has 19 heavy (non-hydrogen) atoms. The zero-order valence-electron chi connectivity index (χ0n) is 11.0. The van der Waals surface area contributed by atoms with Crippen LogP contribution in [0.2, 0.25) is 0 Å². The molecule has 0 spiro atoms.